The molecule has 1 N–H and O–H groups in total. The standard InChI is InChI=1S/C19H22N2O3/c22-19(20-17-6-2-1-3-7-17)15-24-18-8-4-5-16(13-18)14-21-9-11-23-12-10-21/h1-8,13H,9-12,14-15H2,(H,20,22). The molecule has 0 bridgehead atoms. The average molecular weight is 326 g/mol. The van der Waals surface area contributed by atoms with Crippen molar-refractivity contribution < 1.29 is 14.3 Å². The number of morpholine rings is 1. The Labute approximate surface area is 142 Å². The quantitative estimate of drug-likeness (QED) is 0.886. The highest BCUT2D eigenvalue weighted by molar-refractivity contribution is 5.91. The first-order valence-electron chi connectivity index (χ1n) is 8.16. The Kier molecular flexibility index (Phi) is 5.82. The molecular weight excluding hydrogens is 304 g/mol. The summed E-state index contributed by atoms with van der Waals surface area (Å²) in [4.78, 5) is 14.3. The summed E-state index contributed by atoms with van der Waals surface area (Å²) in [5.41, 5.74) is 1.95. The molecule has 0 unspecified atom stereocenters. The summed E-state index contributed by atoms with van der Waals surface area (Å²) in [7, 11) is 0. The van der Waals surface area contributed by atoms with Crippen molar-refractivity contribution in [1.82, 2.24) is 4.90 Å². The number of amides is 1. The van der Waals surface area contributed by atoms with Gasteiger partial charge in [0.05, 0.1) is 13.2 Å². The van der Waals surface area contributed by atoms with Crippen LogP contribution < -0.4 is 10.1 Å². The van der Waals surface area contributed by atoms with Crippen LogP contribution in [0.5, 0.6) is 5.75 Å². The molecule has 2 aromatic rings. The van der Waals surface area contributed by atoms with E-state index >= 15 is 0 Å². The molecule has 0 saturated carbocycles. The van der Waals surface area contributed by atoms with Gasteiger partial charge in [-0.15, -0.1) is 0 Å². The van der Waals surface area contributed by atoms with Crippen molar-refractivity contribution in [2.45, 2.75) is 6.54 Å². The molecule has 24 heavy (non-hydrogen) atoms. The number of nitrogens with zero attached hydrogens (tertiary/aromatic N) is 1. The maximum absolute atomic E-state index is 11.9. The summed E-state index contributed by atoms with van der Waals surface area (Å²) in [6, 6.07) is 17.3. The molecule has 126 valence electrons. The second-order valence-corrected chi connectivity index (χ2v) is 5.74. The number of hydrogen-bond acceptors (Lipinski definition) is 4. The fourth-order valence-corrected chi connectivity index (χ4v) is 2.62. The van der Waals surface area contributed by atoms with Gasteiger partial charge in [-0.05, 0) is 29.8 Å². The Morgan fingerprint density at radius 3 is 2.67 bits per heavy atom. The Morgan fingerprint density at radius 1 is 1.08 bits per heavy atom. The predicted octanol–water partition coefficient (Wildman–Crippen LogP) is 2.54. The molecular formula is C19H22N2O3. The summed E-state index contributed by atoms with van der Waals surface area (Å²) in [5, 5.41) is 2.81. The summed E-state index contributed by atoms with van der Waals surface area (Å²) < 4.78 is 11.0. The molecule has 2 aromatic carbocycles. The average Bonchev–Trinajstić information content (AvgIpc) is 2.62. The molecule has 1 aliphatic rings. The zero-order valence-corrected chi connectivity index (χ0v) is 13.6. The van der Waals surface area contributed by atoms with E-state index in [0.717, 1.165) is 38.5 Å². The summed E-state index contributed by atoms with van der Waals surface area (Å²) in [5.74, 6) is 0.545. The van der Waals surface area contributed by atoms with E-state index in [1.165, 1.54) is 5.56 Å². The Bertz CT molecular complexity index is 655. The summed E-state index contributed by atoms with van der Waals surface area (Å²) >= 11 is 0. The third kappa shape index (κ3) is 5.08. The highest BCUT2D eigenvalue weighted by Gasteiger charge is 2.11. The van der Waals surface area contributed by atoms with Gasteiger partial charge in [0.2, 0.25) is 0 Å². The van der Waals surface area contributed by atoms with E-state index in [9.17, 15) is 4.79 Å². The van der Waals surface area contributed by atoms with Crippen LogP contribution >= 0.6 is 0 Å². The number of nitrogens with one attached hydrogen (secondary N) is 1. The molecule has 0 radical (unpaired) electrons. The second-order valence-electron chi connectivity index (χ2n) is 5.74. The minimum atomic E-state index is -0.167. The molecule has 1 aliphatic heterocycles. The lowest BCUT2D eigenvalue weighted by atomic mass is 10.2. The van der Waals surface area contributed by atoms with E-state index in [-0.39, 0.29) is 12.5 Å². The lowest BCUT2D eigenvalue weighted by molar-refractivity contribution is -0.118. The number of rotatable bonds is 6. The van der Waals surface area contributed by atoms with Gasteiger partial charge < -0.3 is 14.8 Å². The number of benzene rings is 2. The van der Waals surface area contributed by atoms with Crippen molar-refractivity contribution in [2.75, 3.05) is 38.2 Å². The number of ether oxygens (including phenoxy) is 2. The molecule has 0 aromatic heterocycles. The van der Waals surface area contributed by atoms with Crippen LogP contribution in [0.2, 0.25) is 0 Å². The van der Waals surface area contributed by atoms with Gasteiger partial charge >= 0.3 is 0 Å². The SMILES string of the molecule is O=C(COc1cccc(CN2CCOCC2)c1)Nc1ccccc1. The van der Waals surface area contributed by atoms with Crippen molar-refractivity contribution in [2.24, 2.45) is 0 Å². The van der Waals surface area contributed by atoms with Gasteiger partial charge in [-0.3, -0.25) is 9.69 Å². The number of carbonyl (C=O) groups is 1. The van der Waals surface area contributed by atoms with Crippen molar-refractivity contribution >= 4 is 11.6 Å². The van der Waals surface area contributed by atoms with Gasteiger partial charge in [0.15, 0.2) is 6.61 Å². The molecule has 1 fully saturated rings. The summed E-state index contributed by atoms with van der Waals surface area (Å²) in [6.45, 7) is 4.34. The van der Waals surface area contributed by atoms with Crippen LogP contribution in [0, 0.1) is 0 Å². The minimum absolute atomic E-state index is 0.00407. The van der Waals surface area contributed by atoms with Crippen LogP contribution in [-0.4, -0.2) is 43.7 Å². The van der Waals surface area contributed by atoms with Gasteiger partial charge in [0, 0.05) is 25.3 Å². The Balaban J connectivity index is 1.49. The van der Waals surface area contributed by atoms with E-state index in [2.05, 4.69) is 16.3 Å². The number of para-hydroxylation sites is 1. The molecule has 0 spiro atoms. The van der Waals surface area contributed by atoms with Gasteiger partial charge in [-0.25, -0.2) is 0 Å². The maximum Gasteiger partial charge on any atom is 0.262 e. The molecule has 1 heterocycles. The second kappa shape index (κ2) is 8.47. The first kappa shape index (κ1) is 16.5. The smallest absolute Gasteiger partial charge is 0.262 e. The van der Waals surface area contributed by atoms with Gasteiger partial charge in [-0.2, -0.15) is 0 Å². The van der Waals surface area contributed by atoms with E-state index in [0.29, 0.717) is 5.75 Å². The van der Waals surface area contributed by atoms with Crippen LogP contribution in [-0.2, 0) is 16.1 Å². The van der Waals surface area contributed by atoms with Crippen LogP contribution in [0.4, 0.5) is 5.69 Å². The van der Waals surface area contributed by atoms with Gasteiger partial charge in [-0.1, -0.05) is 30.3 Å². The van der Waals surface area contributed by atoms with E-state index in [4.69, 9.17) is 9.47 Å². The zero-order chi connectivity index (χ0) is 16.6. The predicted molar refractivity (Wildman–Crippen MR) is 93.1 cm³/mol. The third-order valence-corrected chi connectivity index (χ3v) is 3.84. The minimum Gasteiger partial charge on any atom is -0.484 e. The molecule has 3 rings (SSSR count). The molecule has 1 amide bonds. The van der Waals surface area contributed by atoms with Crippen molar-refractivity contribution in [1.29, 1.82) is 0 Å². The first-order valence-corrected chi connectivity index (χ1v) is 8.16. The molecule has 0 aliphatic carbocycles. The summed E-state index contributed by atoms with van der Waals surface area (Å²) in [6.07, 6.45) is 0. The monoisotopic (exact) mass is 326 g/mol. The van der Waals surface area contributed by atoms with Gasteiger partial charge in [0.25, 0.3) is 5.91 Å². The Hall–Kier alpha value is -2.37. The zero-order valence-electron chi connectivity index (χ0n) is 13.6. The van der Waals surface area contributed by atoms with Crippen LogP contribution in [0.25, 0.3) is 0 Å². The largest absolute Gasteiger partial charge is 0.484 e. The number of hydrogen-bond donors (Lipinski definition) is 1. The highest BCUT2D eigenvalue weighted by Crippen LogP contribution is 2.16. The maximum atomic E-state index is 11.9. The fourth-order valence-electron chi connectivity index (χ4n) is 2.62. The normalized spacial score (nSPS) is 15.0. The lowest BCUT2D eigenvalue weighted by Crippen LogP contribution is -2.35. The van der Waals surface area contributed by atoms with E-state index in [1.54, 1.807) is 0 Å². The van der Waals surface area contributed by atoms with Crippen LogP contribution in [0.3, 0.4) is 0 Å². The third-order valence-electron chi connectivity index (χ3n) is 3.84. The van der Waals surface area contributed by atoms with Crippen LogP contribution in [0.15, 0.2) is 54.6 Å². The van der Waals surface area contributed by atoms with Crippen LogP contribution in [0.1, 0.15) is 5.56 Å². The topological polar surface area (TPSA) is 50.8 Å². The van der Waals surface area contributed by atoms with Crippen molar-refractivity contribution in [3.05, 3.63) is 60.2 Å². The molecule has 5 nitrogen and oxygen atoms in total. The number of carbonyl (C=O) groups excluding carboxylic acids is 1. The first-order chi connectivity index (χ1) is 11.8. The molecule has 5 heteroatoms. The lowest BCUT2D eigenvalue weighted by Gasteiger charge is -2.26. The van der Waals surface area contributed by atoms with Gasteiger partial charge in [0.1, 0.15) is 5.75 Å². The number of anilines is 1. The van der Waals surface area contributed by atoms with E-state index in [1.807, 2.05) is 48.5 Å². The molecule has 0 atom stereocenters. The molecule has 1 saturated heterocycles. The highest BCUT2D eigenvalue weighted by atomic mass is 16.5. The van der Waals surface area contributed by atoms with E-state index < -0.39 is 0 Å². The van der Waals surface area contributed by atoms with Crippen molar-refractivity contribution in [3.63, 3.8) is 0 Å². The Morgan fingerprint density at radius 2 is 1.88 bits per heavy atom. The van der Waals surface area contributed by atoms with Crippen molar-refractivity contribution in [3.8, 4) is 5.75 Å². The fraction of sp³-hybridized carbons (Fsp3) is 0.316.